The Morgan fingerprint density at radius 3 is 2.50 bits per heavy atom. The molecular weight excluding hydrogens is 328 g/mol. The van der Waals surface area contributed by atoms with Crippen molar-refractivity contribution in [2.24, 2.45) is 5.92 Å². The van der Waals surface area contributed by atoms with E-state index < -0.39 is 6.10 Å². The van der Waals surface area contributed by atoms with Crippen molar-refractivity contribution in [1.82, 2.24) is 9.80 Å². The van der Waals surface area contributed by atoms with Crippen molar-refractivity contribution in [3.05, 3.63) is 42.5 Å². The zero-order valence-corrected chi connectivity index (χ0v) is 15.6. The smallest absolute Gasteiger partial charge is 0.225 e. The number of piperazine rings is 1. The van der Waals surface area contributed by atoms with Crippen LogP contribution in [-0.4, -0.2) is 66.2 Å². The molecule has 0 saturated carbocycles. The van der Waals surface area contributed by atoms with Crippen LogP contribution in [0.5, 0.6) is 5.75 Å². The van der Waals surface area contributed by atoms with E-state index >= 15 is 0 Å². The quantitative estimate of drug-likeness (QED) is 0.863. The van der Waals surface area contributed by atoms with Gasteiger partial charge in [0.25, 0.3) is 0 Å². The Hall–Kier alpha value is -2.11. The number of hydrogen-bond donors (Lipinski definition) is 1. The molecule has 1 fully saturated rings. The maximum Gasteiger partial charge on any atom is 0.225 e. The summed E-state index contributed by atoms with van der Waals surface area (Å²) in [4.78, 5) is 16.1. The predicted octanol–water partition coefficient (Wildman–Crippen LogP) is 2.38. The van der Waals surface area contributed by atoms with Gasteiger partial charge in [-0.2, -0.15) is 0 Å². The minimum absolute atomic E-state index is 0.0428. The van der Waals surface area contributed by atoms with E-state index in [0.717, 1.165) is 42.7 Å². The number of aliphatic hydroxyl groups excluding tert-OH is 1. The number of benzene rings is 2. The van der Waals surface area contributed by atoms with E-state index in [9.17, 15) is 9.90 Å². The Morgan fingerprint density at radius 1 is 1.08 bits per heavy atom. The van der Waals surface area contributed by atoms with Crippen molar-refractivity contribution >= 4 is 16.7 Å². The number of β-amino-alcohol motifs (C(OH)–C–C–N with tert-alkyl or cyclic N) is 1. The van der Waals surface area contributed by atoms with Gasteiger partial charge in [0.2, 0.25) is 5.91 Å². The second-order valence-corrected chi connectivity index (χ2v) is 7.22. The van der Waals surface area contributed by atoms with Crippen molar-refractivity contribution in [2.75, 3.05) is 39.3 Å². The molecule has 0 radical (unpaired) electrons. The van der Waals surface area contributed by atoms with Crippen molar-refractivity contribution in [3.8, 4) is 5.75 Å². The molecule has 1 aliphatic rings. The van der Waals surface area contributed by atoms with Crippen LogP contribution in [0, 0.1) is 5.92 Å². The Balaban J connectivity index is 1.48. The summed E-state index contributed by atoms with van der Waals surface area (Å²) in [6.45, 7) is 7.75. The van der Waals surface area contributed by atoms with Gasteiger partial charge in [-0.05, 0) is 11.5 Å². The average molecular weight is 356 g/mol. The number of carbonyl (C=O) groups excluding carboxylic acids is 1. The van der Waals surface area contributed by atoms with E-state index in [1.807, 2.05) is 49.1 Å². The maximum absolute atomic E-state index is 12.0. The molecule has 1 unspecified atom stereocenters. The van der Waals surface area contributed by atoms with Crippen LogP contribution in [0.25, 0.3) is 10.8 Å². The van der Waals surface area contributed by atoms with Gasteiger partial charge in [-0.15, -0.1) is 0 Å². The molecule has 1 aliphatic heterocycles. The van der Waals surface area contributed by atoms with Crippen LogP contribution in [-0.2, 0) is 4.79 Å². The first-order valence-corrected chi connectivity index (χ1v) is 9.34. The molecule has 1 N–H and O–H groups in total. The van der Waals surface area contributed by atoms with E-state index in [4.69, 9.17) is 4.74 Å². The topological polar surface area (TPSA) is 53.0 Å². The predicted molar refractivity (Wildman–Crippen MR) is 103 cm³/mol. The van der Waals surface area contributed by atoms with Crippen LogP contribution in [0.2, 0.25) is 0 Å². The standard InChI is InChI=1S/C21H28N2O3/c1-16(2)21(25)23-12-10-22(11-13-23)14-18(24)15-26-20-9-5-7-17-6-3-4-8-19(17)20/h3-9,16,18,24H,10-15H2,1-2H3. The number of amides is 1. The number of fused-ring (bicyclic) bond motifs is 1. The van der Waals surface area contributed by atoms with Gasteiger partial charge in [-0.1, -0.05) is 50.2 Å². The fourth-order valence-electron chi connectivity index (χ4n) is 3.37. The molecule has 1 amide bonds. The second kappa shape index (κ2) is 8.52. The maximum atomic E-state index is 12.0. The van der Waals surface area contributed by atoms with Crippen molar-refractivity contribution in [1.29, 1.82) is 0 Å². The van der Waals surface area contributed by atoms with Crippen molar-refractivity contribution in [3.63, 3.8) is 0 Å². The molecule has 0 bridgehead atoms. The monoisotopic (exact) mass is 356 g/mol. The van der Waals surface area contributed by atoms with Crippen LogP contribution >= 0.6 is 0 Å². The van der Waals surface area contributed by atoms with Crippen LogP contribution < -0.4 is 4.74 Å². The van der Waals surface area contributed by atoms with Crippen LogP contribution in [0.3, 0.4) is 0 Å². The SMILES string of the molecule is CC(C)C(=O)N1CCN(CC(O)COc2cccc3ccccc23)CC1. The average Bonchev–Trinajstić information content (AvgIpc) is 2.66. The number of ether oxygens (including phenoxy) is 1. The third-order valence-corrected chi connectivity index (χ3v) is 4.83. The zero-order chi connectivity index (χ0) is 18.5. The van der Waals surface area contributed by atoms with Gasteiger partial charge in [0.1, 0.15) is 18.5 Å². The number of carbonyl (C=O) groups is 1. The fraction of sp³-hybridized carbons (Fsp3) is 0.476. The van der Waals surface area contributed by atoms with Gasteiger partial charge in [0.15, 0.2) is 0 Å². The number of nitrogens with zero attached hydrogens (tertiary/aromatic N) is 2. The summed E-state index contributed by atoms with van der Waals surface area (Å²) in [5.74, 6) is 1.06. The highest BCUT2D eigenvalue weighted by Gasteiger charge is 2.24. The Kier molecular flexibility index (Phi) is 6.12. The first-order valence-electron chi connectivity index (χ1n) is 9.34. The molecule has 2 aromatic carbocycles. The lowest BCUT2D eigenvalue weighted by Crippen LogP contribution is -2.51. The lowest BCUT2D eigenvalue weighted by Gasteiger charge is -2.36. The number of aliphatic hydroxyl groups is 1. The van der Waals surface area contributed by atoms with Gasteiger partial charge in [-0.25, -0.2) is 0 Å². The molecule has 1 heterocycles. The van der Waals surface area contributed by atoms with Crippen LogP contribution in [0.15, 0.2) is 42.5 Å². The number of hydrogen-bond acceptors (Lipinski definition) is 4. The lowest BCUT2D eigenvalue weighted by atomic mass is 10.1. The molecule has 5 heteroatoms. The first kappa shape index (κ1) is 18.7. The molecule has 1 saturated heterocycles. The summed E-state index contributed by atoms with van der Waals surface area (Å²) in [7, 11) is 0. The Bertz CT molecular complexity index is 734. The number of rotatable bonds is 6. The molecule has 0 spiro atoms. The third-order valence-electron chi connectivity index (χ3n) is 4.83. The molecule has 26 heavy (non-hydrogen) atoms. The molecule has 0 aliphatic carbocycles. The molecule has 5 nitrogen and oxygen atoms in total. The third kappa shape index (κ3) is 4.54. The van der Waals surface area contributed by atoms with Crippen molar-refractivity contribution in [2.45, 2.75) is 20.0 Å². The largest absolute Gasteiger partial charge is 0.490 e. The highest BCUT2D eigenvalue weighted by molar-refractivity contribution is 5.88. The van der Waals surface area contributed by atoms with E-state index in [2.05, 4.69) is 17.0 Å². The minimum atomic E-state index is -0.554. The van der Waals surface area contributed by atoms with Gasteiger partial charge in [-0.3, -0.25) is 9.69 Å². The summed E-state index contributed by atoms with van der Waals surface area (Å²) in [5.41, 5.74) is 0. The molecule has 0 aromatic heterocycles. The second-order valence-electron chi connectivity index (χ2n) is 7.22. The fourth-order valence-corrected chi connectivity index (χ4v) is 3.37. The van der Waals surface area contributed by atoms with Crippen LogP contribution in [0.1, 0.15) is 13.8 Å². The van der Waals surface area contributed by atoms with Crippen molar-refractivity contribution < 1.29 is 14.6 Å². The minimum Gasteiger partial charge on any atom is -0.490 e. The summed E-state index contributed by atoms with van der Waals surface area (Å²) < 4.78 is 5.87. The molecule has 3 rings (SSSR count). The molecule has 1 atom stereocenters. The highest BCUT2D eigenvalue weighted by atomic mass is 16.5. The summed E-state index contributed by atoms with van der Waals surface area (Å²) in [6, 6.07) is 14.0. The van der Waals surface area contributed by atoms with Gasteiger partial charge in [0.05, 0.1) is 0 Å². The van der Waals surface area contributed by atoms with Crippen LogP contribution in [0.4, 0.5) is 0 Å². The van der Waals surface area contributed by atoms with E-state index in [0.29, 0.717) is 6.54 Å². The zero-order valence-electron chi connectivity index (χ0n) is 15.6. The van der Waals surface area contributed by atoms with E-state index in [-0.39, 0.29) is 18.4 Å². The summed E-state index contributed by atoms with van der Waals surface area (Å²) in [5, 5.41) is 12.5. The molecule has 140 valence electrons. The summed E-state index contributed by atoms with van der Waals surface area (Å²) >= 11 is 0. The van der Waals surface area contributed by atoms with E-state index in [1.165, 1.54) is 0 Å². The van der Waals surface area contributed by atoms with Gasteiger partial charge >= 0.3 is 0 Å². The van der Waals surface area contributed by atoms with Gasteiger partial charge < -0.3 is 14.7 Å². The Morgan fingerprint density at radius 2 is 1.77 bits per heavy atom. The molecular formula is C21H28N2O3. The summed E-state index contributed by atoms with van der Waals surface area (Å²) in [6.07, 6.45) is -0.554. The van der Waals surface area contributed by atoms with E-state index in [1.54, 1.807) is 0 Å². The lowest BCUT2D eigenvalue weighted by molar-refractivity contribution is -0.136. The molecule has 2 aromatic rings. The first-order chi connectivity index (χ1) is 12.5. The van der Waals surface area contributed by atoms with Gasteiger partial charge in [0, 0.05) is 44.0 Å². The highest BCUT2D eigenvalue weighted by Crippen LogP contribution is 2.25. The normalized spacial score (nSPS) is 16.8. The Labute approximate surface area is 155 Å².